The number of rotatable bonds is 5. The summed E-state index contributed by atoms with van der Waals surface area (Å²) in [5, 5.41) is 15.6. The Balaban J connectivity index is 2.52. The predicted octanol–water partition coefficient (Wildman–Crippen LogP) is 0.435. The quantitative estimate of drug-likeness (QED) is 0.308. The highest BCUT2D eigenvalue weighted by Gasteiger charge is 2.40. The highest BCUT2D eigenvalue weighted by Crippen LogP contribution is 2.21. The van der Waals surface area contributed by atoms with Crippen molar-refractivity contribution >= 4 is 5.97 Å². The second-order valence-corrected chi connectivity index (χ2v) is 4.07. The standard InChI is InChI=1S/C9H17N5O2/c1-14-6-2-9(3-7-14,8(15)16)11-4-5-12-13-10/h11H,2-7H2,1H3,(H,15,16). The van der Waals surface area contributed by atoms with E-state index in [4.69, 9.17) is 5.53 Å². The van der Waals surface area contributed by atoms with E-state index >= 15 is 0 Å². The van der Waals surface area contributed by atoms with Crippen molar-refractivity contribution in [2.24, 2.45) is 5.11 Å². The van der Waals surface area contributed by atoms with Gasteiger partial charge in [0.15, 0.2) is 0 Å². The molecule has 1 aliphatic heterocycles. The molecule has 1 fully saturated rings. The molecule has 2 N–H and O–H groups in total. The summed E-state index contributed by atoms with van der Waals surface area (Å²) in [5.74, 6) is -0.818. The van der Waals surface area contributed by atoms with E-state index in [1.54, 1.807) is 0 Å². The first-order valence-corrected chi connectivity index (χ1v) is 5.28. The Hall–Kier alpha value is -1.30. The van der Waals surface area contributed by atoms with E-state index in [1.165, 1.54) is 0 Å². The maximum Gasteiger partial charge on any atom is 0.323 e. The molecule has 1 aliphatic rings. The SMILES string of the molecule is CN1CCC(NCCN=[N+]=[N-])(C(=O)O)CC1. The van der Waals surface area contributed by atoms with Crippen LogP contribution in [-0.4, -0.2) is 54.7 Å². The average Bonchev–Trinajstić information content (AvgIpc) is 2.27. The Bertz CT molecular complexity index is 292. The van der Waals surface area contributed by atoms with Crippen molar-refractivity contribution in [2.75, 3.05) is 33.2 Å². The van der Waals surface area contributed by atoms with Crippen molar-refractivity contribution < 1.29 is 9.90 Å². The number of aliphatic carboxylic acids is 1. The molecule has 0 radical (unpaired) electrons. The largest absolute Gasteiger partial charge is 0.480 e. The van der Waals surface area contributed by atoms with E-state index in [-0.39, 0.29) is 6.54 Å². The lowest BCUT2D eigenvalue weighted by atomic mass is 9.87. The average molecular weight is 227 g/mol. The van der Waals surface area contributed by atoms with Crippen LogP contribution in [0.1, 0.15) is 12.8 Å². The van der Waals surface area contributed by atoms with Crippen molar-refractivity contribution in [3.05, 3.63) is 10.4 Å². The normalized spacial score (nSPS) is 20.1. The highest BCUT2D eigenvalue weighted by molar-refractivity contribution is 5.79. The third-order valence-corrected chi connectivity index (χ3v) is 2.99. The van der Waals surface area contributed by atoms with Crippen LogP contribution in [0.3, 0.4) is 0 Å². The monoisotopic (exact) mass is 227 g/mol. The Kier molecular flexibility index (Phi) is 4.54. The molecule has 1 saturated heterocycles. The Morgan fingerprint density at radius 2 is 2.25 bits per heavy atom. The number of nitrogens with one attached hydrogen (secondary N) is 1. The maximum absolute atomic E-state index is 11.3. The number of hydrogen-bond acceptors (Lipinski definition) is 4. The van der Waals surface area contributed by atoms with E-state index < -0.39 is 11.5 Å². The number of nitrogens with zero attached hydrogens (tertiary/aromatic N) is 4. The second-order valence-electron chi connectivity index (χ2n) is 4.07. The zero-order valence-corrected chi connectivity index (χ0v) is 9.39. The number of likely N-dealkylation sites (tertiary alicyclic amines) is 1. The smallest absolute Gasteiger partial charge is 0.323 e. The van der Waals surface area contributed by atoms with Crippen LogP contribution in [0.4, 0.5) is 0 Å². The summed E-state index contributed by atoms with van der Waals surface area (Å²) in [7, 11) is 1.98. The first kappa shape index (κ1) is 12.8. The number of azide groups is 1. The van der Waals surface area contributed by atoms with Crippen LogP contribution >= 0.6 is 0 Å². The lowest BCUT2D eigenvalue weighted by Gasteiger charge is -2.38. The van der Waals surface area contributed by atoms with Crippen molar-refractivity contribution in [2.45, 2.75) is 18.4 Å². The van der Waals surface area contributed by atoms with Gasteiger partial charge in [-0.15, -0.1) is 0 Å². The van der Waals surface area contributed by atoms with Gasteiger partial charge in [-0.05, 0) is 25.4 Å². The summed E-state index contributed by atoms with van der Waals surface area (Å²) in [6.07, 6.45) is 1.16. The van der Waals surface area contributed by atoms with Gasteiger partial charge in [0.05, 0.1) is 0 Å². The summed E-state index contributed by atoms with van der Waals surface area (Å²) in [6, 6.07) is 0. The molecule has 0 aromatic rings. The number of hydrogen-bond donors (Lipinski definition) is 2. The van der Waals surface area contributed by atoms with Gasteiger partial charge in [0.2, 0.25) is 0 Å². The second kappa shape index (κ2) is 5.69. The molecule has 0 aromatic heterocycles. The molecule has 0 unspecified atom stereocenters. The van der Waals surface area contributed by atoms with Gasteiger partial charge in [0.1, 0.15) is 5.54 Å². The molecule has 0 atom stereocenters. The molecule has 1 rings (SSSR count). The molecular weight excluding hydrogens is 210 g/mol. The van der Waals surface area contributed by atoms with Gasteiger partial charge in [-0.1, -0.05) is 5.11 Å². The maximum atomic E-state index is 11.3. The highest BCUT2D eigenvalue weighted by atomic mass is 16.4. The zero-order chi connectivity index (χ0) is 12.0. The number of carbonyl (C=O) groups is 1. The molecule has 0 bridgehead atoms. The fourth-order valence-electron chi connectivity index (χ4n) is 1.86. The number of piperidine rings is 1. The summed E-state index contributed by atoms with van der Waals surface area (Å²) >= 11 is 0. The summed E-state index contributed by atoms with van der Waals surface area (Å²) in [6.45, 7) is 2.21. The van der Waals surface area contributed by atoms with Crippen molar-refractivity contribution in [3.63, 3.8) is 0 Å². The molecular formula is C9H17N5O2. The summed E-state index contributed by atoms with van der Waals surface area (Å²) < 4.78 is 0. The Morgan fingerprint density at radius 3 is 2.75 bits per heavy atom. The van der Waals surface area contributed by atoms with Crippen LogP contribution in [-0.2, 0) is 4.79 Å². The van der Waals surface area contributed by atoms with Crippen molar-refractivity contribution in [3.8, 4) is 0 Å². The molecule has 1 heterocycles. The van der Waals surface area contributed by atoms with Crippen LogP contribution in [0.5, 0.6) is 0 Å². The Labute approximate surface area is 94.1 Å². The molecule has 90 valence electrons. The van der Waals surface area contributed by atoms with Crippen LogP contribution in [0, 0.1) is 0 Å². The van der Waals surface area contributed by atoms with Gasteiger partial charge in [0.25, 0.3) is 0 Å². The molecule has 7 nitrogen and oxygen atoms in total. The number of carboxylic acid groups (broad SMARTS) is 1. The van der Waals surface area contributed by atoms with Gasteiger partial charge < -0.3 is 15.3 Å². The van der Waals surface area contributed by atoms with Gasteiger partial charge in [0, 0.05) is 31.1 Å². The van der Waals surface area contributed by atoms with E-state index in [0.717, 1.165) is 13.1 Å². The fourth-order valence-corrected chi connectivity index (χ4v) is 1.86. The lowest BCUT2D eigenvalue weighted by Crippen LogP contribution is -2.58. The molecule has 16 heavy (non-hydrogen) atoms. The van der Waals surface area contributed by atoms with Crippen molar-refractivity contribution in [1.29, 1.82) is 0 Å². The van der Waals surface area contributed by atoms with Gasteiger partial charge in [-0.2, -0.15) is 0 Å². The summed E-state index contributed by atoms with van der Waals surface area (Å²) in [4.78, 5) is 16.0. The third kappa shape index (κ3) is 3.10. The van der Waals surface area contributed by atoms with Crippen LogP contribution in [0.25, 0.3) is 10.4 Å². The van der Waals surface area contributed by atoms with E-state index in [2.05, 4.69) is 20.2 Å². The first-order valence-electron chi connectivity index (χ1n) is 5.28. The molecule has 0 spiro atoms. The first-order chi connectivity index (χ1) is 7.60. The van der Waals surface area contributed by atoms with Crippen LogP contribution in [0.15, 0.2) is 5.11 Å². The van der Waals surface area contributed by atoms with Gasteiger partial charge >= 0.3 is 5.97 Å². The van der Waals surface area contributed by atoms with Gasteiger partial charge in [-0.25, -0.2) is 0 Å². The van der Waals surface area contributed by atoms with E-state index in [1.807, 2.05) is 7.05 Å². The molecule has 7 heteroatoms. The Morgan fingerprint density at radius 1 is 1.62 bits per heavy atom. The topological polar surface area (TPSA) is 101 Å². The zero-order valence-electron chi connectivity index (χ0n) is 9.39. The minimum atomic E-state index is -0.850. The third-order valence-electron chi connectivity index (χ3n) is 2.99. The molecule has 0 amide bonds. The fraction of sp³-hybridized carbons (Fsp3) is 0.889. The molecule has 0 aliphatic carbocycles. The van der Waals surface area contributed by atoms with Crippen LogP contribution in [0.2, 0.25) is 0 Å². The van der Waals surface area contributed by atoms with Crippen molar-refractivity contribution in [1.82, 2.24) is 10.2 Å². The number of carboxylic acids is 1. The summed E-state index contributed by atoms with van der Waals surface area (Å²) in [5.41, 5.74) is 7.27. The minimum Gasteiger partial charge on any atom is -0.480 e. The molecule has 0 aromatic carbocycles. The lowest BCUT2D eigenvalue weighted by molar-refractivity contribution is -0.147. The van der Waals surface area contributed by atoms with E-state index in [0.29, 0.717) is 19.4 Å². The van der Waals surface area contributed by atoms with Crippen LogP contribution < -0.4 is 5.32 Å². The van der Waals surface area contributed by atoms with E-state index in [9.17, 15) is 9.90 Å². The molecule has 0 saturated carbocycles. The minimum absolute atomic E-state index is 0.279. The predicted molar refractivity (Wildman–Crippen MR) is 59.1 cm³/mol. The van der Waals surface area contributed by atoms with Gasteiger partial charge in [-0.3, -0.25) is 4.79 Å².